The van der Waals surface area contributed by atoms with Crippen LogP contribution in [0.2, 0.25) is 0 Å². The molecule has 2 N–H and O–H groups in total. The van der Waals surface area contributed by atoms with Gasteiger partial charge in [0.2, 0.25) is 15.9 Å². The summed E-state index contributed by atoms with van der Waals surface area (Å²) in [5.41, 5.74) is 2.58. The number of anilines is 3. The van der Waals surface area contributed by atoms with Crippen LogP contribution in [0.1, 0.15) is 19.4 Å². The fraction of sp³-hybridized carbons (Fsp3) is 0.310. The van der Waals surface area contributed by atoms with Gasteiger partial charge in [0, 0.05) is 43.6 Å². The number of aryl methyl sites for hydroxylation is 1. The average molecular weight is 568 g/mol. The molecule has 0 saturated carbocycles. The van der Waals surface area contributed by atoms with Gasteiger partial charge in [-0.1, -0.05) is 29.8 Å². The van der Waals surface area contributed by atoms with Crippen molar-refractivity contribution >= 4 is 39.0 Å². The first-order valence-corrected chi connectivity index (χ1v) is 14.5. The van der Waals surface area contributed by atoms with Gasteiger partial charge in [0.1, 0.15) is 5.82 Å². The Morgan fingerprint density at radius 1 is 0.900 bits per heavy atom. The molecule has 3 aromatic carbocycles. The van der Waals surface area contributed by atoms with Crippen molar-refractivity contribution in [1.29, 1.82) is 0 Å². The van der Waals surface area contributed by atoms with Gasteiger partial charge in [0.05, 0.1) is 17.1 Å². The van der Waals surface area contributed by atoms with Gasteiger partial charge in [-0.15, -0.1) is 0 Å². The number of nitrogens with zero attached hydrogens (tertiary/aromatic N) is 3. The Bertz CT molecular complexity index is 1440. The fourth-order valence-corrected chi connectivity index (χ4v) is 6.01. The molecule has 1 fully saturated rings. The Kier molecular flexibility index (Phi) is 9.06. The third kappa shape index (κ3) is 6.97. The lowest BCUT2D eigenvalue weighted by molar-refractivity contribution is -0.116. The van der Waals surface area contributed by atoms with Crippen molar-refractivity contribution < 1.29 is 22.4 Å². The third-order valence-electron chi connectivity index (χ3n) is 6.70. The van der Waals surface area contributed by atoms with Crippen LogP contribution < -0.4 is 15.5 Å². The average Bonchev–Trinajstić information content (AvgIpc) is 2.93. The molecular weight excluding hydrogens is 533 g/mol. The highest BCUT2D eigenvalue weighted by molar-refractivity contribution is 7.89. The summed E-state index contributed by atoms with van der Waals surface area (Å²) in [7, 11) is -3.84. The summed E-state index contributed by atoms with van der Waals surface area (Å²) >= 11 is 0. The van der Waals surface area contributed by atoms with E-state index in [-0.39, 0.29) is 23.2 Å². The van der Waals surface area contributed by atoms with Crippen LogP contribution in [0.25, 0.3) is 0 Å². The molecule has 212 valence electrons. The molecule has 1 aliphatic rings. The largest absolute Gasteiger partial charge is 0.368 e. The van der Waals surface area contributed by atoms with Gasteiger partial charge < -0.3 is 20.4 Å². The van der Waals surface area contributed by atoms with Gasteiger partial charge in [-0.25, -0.2) is 17.6 Å². The van der Waals surface area contributed by atoms with Crippen molar-refractivity contribution in [3.63, 3.8) is 0 Å². The molecule has 0 bridgehead atoms. The van der Waals surface area contributed by atoms with Crippen LogP contribution in [0.5, 0.6) is 0 Å². The number of hydrogen-bond acceptors (Lipinski definition) is 5. The second-order valence-corrected chi connectivity index (χ2v) is 11.8. The summed E-state index contributed by atoms with van der Waals surface area (Å²) in [6.45, 7) is 7.16. The molecule has 1 saturated heterocycles. The summed E-state index contributed by atoms with van der Waals surface area (Å²) in [6.07, 6.45) is 0. The van der Waals surface area contributed by atoms with E-state index in [0.29, 0.717) is 31.9 Å². The van der Waals surface area contributed by atoms with Gasteiger partial charge in [0.15, 0.2) is 0 Å². The number of amides is 3. The van der Waals surface area contributed by atoms with E-state index in [4.69, 9.17) is 0 Å². The zero-order valence-corrected chi connectivity index (χ0v) is 23.6. The molecule has 3 aromatic rings. The van der Waals surface area contributed by atoms with Crippen LogP contribution in [0.4, 0.5) is 26.2 Å². The van der Waals surface area contributed by atoms with Gasteiger partial charge in [-0.3, -0.25) is 4.79 Å². The number of urea groups is 1. The van der Waals surface area contributed by atoms with Crippen molar-refractivity contribution in [3.05, 3.63) is 84.2 Å². The van der Waals surface area contributed by atoms with Crippen LogP contribution in [-0.2, 0) is 14.8 Å². The summed E-state index contributed by atoms with van der Waals surface area (Å²) in [5.74, 6) is -0.918. The smallest absolute Gasteiger partial charge is 0.322 e. The number of para-hydroxylation sites is 1. The summed E-state index contributed by atoms with van der Waals surface area (Å²) in [5, 5.41) is 5.40. The van der Waals surface area contributed by atoms with Crippen molar-refractivity contribution in [1.82, 2.24) is 9.21 Å². The van der Waals surface area contributed by atoms with Crippen molar-refractivity contribution in [2.75, 3.05) is 48.3 Å². The molecule has 1 heterocycles. The summed E-state index contributed by atoms with van der Waals surface area (Å²) in [6, 6.07) is 19.1. The first-order chi connectivity index (χ1) is 19.0. The number of rotatable bonds is 8. The quantitative estimate of drug-likeness (QED) is 0.417. The maximum atomic E-state index is 13.8. The summed E-state index contributed by atoms with van der Waals surface area (Å²) in [4.78, 5) is 29.2. The minimum absolute atomic E-state index is 0.147. The van der Waals surface area contributed by atoms with E-state index in [1.807, 2.05) is 19.1 Å². The number of hydrogen-bond donors (Lipinski definition) is 2. The van der Waals surface area contributed by atoms with Gasteiger partial charge in [-0.2, -0.15) is 4.31 Å². The second kappa shape index (κ2) is 12.5. The molecular formula is C29H34FN5O4S. The number of piperazine rings is 1. The molecule has 0 radical (unpaired) electrons. The molecule has 0 spiro atoms. The molecule has 11 heteroatoms. The van der Waals surface area contributed by atoms with Crippen LogP contribution in [-0.4, -0.2) is 68.3 Å². The number of nitrogens with one attached hydrogen (secondary N) is 2. The Labute approximate surface area is 234 Å². The number of sulfonamides is 1. The Morgan fingerprint density at radius 3 is 2.12 bits per heavy atom. The van der Waals surface area contributed by atoms with Crippen LogP contribution >= 0.6 is 0 Å². The third-order valence-corrected chi connectivity index (χ3v) is 8.74. The van der Waals surface area contributed by atoms with Crippen molar-refractivity contribution in [3.8, 4) is 0 Å². The maximum absolute atomic E-state index is 13.8. The van der Waals surface area contributed by atoms with E-state index in [1.54, 1.807) is 67.3 Å². The number of carbonyl (C=O) groups is 2. The SMILES string of the molecule is Cc1ccc(S(=O)(=O)N(CC(=O)Nc2ccc(N3CCN(C(=O)Nc4ccccc4F)CC3)cc2)C(C)C)cc1. The highest BCUT2D eigenvalue weighted by Gasteiger charge is 2.29. The lowest BCUT2D eigenvalue weighted by Gasteiger charge is -2.36. The molecule has 0 aromatic heterocycles. The highest BCUT2D eigenvalue weighted by atomic mass is 32.2. The Hall–Kier alpha value is -3.96. The molecule has 40 heavy (non-hydrogen) atoms. The number of carbonyl (C=O) groups excluding carboxylic acids is 2. The van der Waals surface area contributed by atoms with Gasteiger partial charge in [-0.05, 0) is 69.3 Å². The highest BCUT2D eigenvalue weighted by Crippen LogP contribution is 2.22. The zero-order valence-electron chi connectivity index (χ0n) is 22.8. The minimum atomic E-state index is -3.84. The van der Waals surface area contributed by atoms with E-state index >= 15 is 0 Å². The minimum Gasteiger partial charge on any atom is -0.368 e. The fourth-order valence-electron chi connectivity index (χ4n) is 4.41. The first-order valence-electron chi connectivity index (χ1n) is 13.1. The number of benzene rings is 3. The van der Waals surface area contributed by atoms with Gasteiger partial charge >= 0.3 is 6.03 Å². The molecule has 1 aliphatic heterocycles. The molecule has 0 atom stereocenters. The zero-order chi connectivity index (χ0) is 28.9. The molecule has 9 nitrogen and oxygen atoms in total. The number of halogens is 1. The predicted octanol–water partition coefficient (Wildman–Crippen LogP) is 4.53. The van der Waals surface area contributed by atoms with E-state index in [0.717, 1.165) is 11.3 Å². The van der Waals surface area contributed by atoms with E-state index in [1.165, 1.54) is 16.4 Å². The molecule has 0 aliphatic carbocycles. The van der Waals surface area contributed by atoms with Crippen molar-refractivity contribution in [2.24, 2.45) is 0 Å². The Balaban J connectivity index is 1.31. The molecule has 4 rings (SSSR count). The Morgan fingerprint density at radius 2 is 1.52 bits per heavy atom. The van der Waals surface area contributed by atoms with E-state index in [9.17, 15) is 22.4 Å². The first kappa shape index (κ1) is 29.0. The van der Waals surface area contributed by atoms with E-state index < -0.39 is 27.8 Å². The van der Waals surface area contributed by atoms with E-state index in [2.05, 4.69) is 15.5 Å². The lowest BCUT2D eigenvalue weighted by Crippen LogP contribution is -2.50. The maximum Gasteiger partial charge on any atom is 0.322 e. The second-order valence-electron chi connectivity index (χ2n) is 9.94. The monoisotopic (exact) mass is 567 g/mol. The molecule has 0 unspecified atom stereocenters. The topological polar surface area (TPSA) is 102 Å². The van der Waals surface area contributed by atoms with Gasteiger partial charge in [0.25, 0.3) is 0 Å². The normalized spacial score (nSPS) is 13.9. The predicted molar refractivity (Wildman–Crippen MR) is 154 cm³/mol. The standard InChI is InChI=1S/C29H34FN5O4S/c1-21(2)35(40(38,39)25-14-8-22(3)9-15-25)20-28(36)31-23-10-12-24(13-11-23)33-16-18-34(19-17-33)29(37)32-27-7-5-4-6-26(27)30/h4-15,21H,16-20H2,1-3H3,(H,31,36)(H,32,37). The van der Waals surface area contributed by atoms with Crippen LogP contribution in [0, 0.1) is 12.7 Å². The summed E-state index contributed by atoms with van der Waals surface area (Å²) < 4.78 is 41.4. The van der Waals surface area contributed by atoms with Crippen LogP contribution in [0.15, 0.2) is 77.7 Å². The lowest BCUT2D eigenvalue weighted by atomic mass is 10.2. The van der Waals surface area contributed by atoms with Crippen LogP contribution in [0.3, 0.4) is 0 Å². The molecule has 3 amide bonds. The van der Waals surface area contributed by atoms with Crippen molar-refractivity contribution in [2.45, 2.75) is 31.7 Å².